The molecule has 0 fully saturated rings. The van der Waals surface area contributed by atoms with Crippen molar-refractivity contribution in [2.75, 3.05) is 33.4 Å². The maximum atomic E-state index is 13.2. The number of methoxy groups -OCH3 is 1. The summed E-state index contributed by atoms with van der Waals surface area (Å²) in [6.45, 7) is 1.10. The number of carbonyl (C=O) groups is 2. The minimum atomic E-state index is -0.281. The lowest BCUT2D eigenvalue weighted by molar-refractivity contribution is -0.143. The first-order chi connectivity index (χ1) is 15.7. The average Bonchev–Trinajstić information content (AvgIpc) is 3.34. The Morgan fingerprint density at radius 2 is 1.56 bits per heavy atom. The van der Waals surface area contributed by atoms with Gasteiger partial charge in [-0.3, -0.25) is 9.59 Å². The van der Waals surface area contributed by atoms with E-state index in [0.717, 1.165) is 5.56 Å². The first-order valence-corrected chi connectivity index (χ1v) is 10.4. The smallest absolute Gasteiger partial charge is 0.261 e. The maximum Gasteiger partial charge on any atom is 0.261 e. The summed E-state index contributed by atoms with van der Waals surface area (Å²) in [6.07, 6.45) is 1.58. The molecule has 1 heterocycles. The van der Waals surface area contributed by atoms with Crippen LogP contribution in [-0.2, 0) is 27.4 Å². The van der Waals surface area contributed by atoms with Gasteiger partial charge in [0.25, 0.3) is 5.91 Å². The van der Waals surface area contributed by atoms with Crippen molar-refractivity contribution >= 4 is 11.8 Å². The molecule has 2 aromatic carbocycles. The number of carbonyl (C=O) groups excluding carboxylic acids is 2. The zero-order valence-electron chi connectivity index (χ0n) is 18.2. The molecule has 3 rings (SSSR count). The van der Waals surface area contributed by atoms with Crippen LogP contribution in [0.1, 0.15) is 11.3 Å². The number of hydrogen-bond donors (Lipinski definition) is 0. The molecule has 0 aliphatic rings. The average molecular weight is 437 g/mol. The van der Waals surface area contributed by atoms with Crippen molar-refractivity contribution in [1.82, 2.24) is 9.80 Å². The molecule has 2 amide bonds. The summed E-state index contributed by atoms with van der Waals surface area (Å²) >= 11 is 0. The Morgan fingerprint density at radius 1 is 0.844 bits per heavy atom. The fraction of sp³-hybridized carbons (Fsp3) is 0.280. The first-order valence-electron chi connectivity index (χ1n) is 10.4. The Bertz CT molecular complexity index is 945. The summed E-state index contributed by atoms with van der Waals surface area (Å²) in [7, 11) is 1.56. The predicted octanol–water partition coefficient (Wildman–Crippen LogP) is 3.36. The van der Waals surface area contributed by atoms with Crippen LogP contribution >= 0.6 is 0 Å². The van der Waals surface area contributed by atoms with Gasteiger partial charge in [-0.15, -0.1) is 0 Å². The highest BCUT2D eigenvalue weighted by atomic mass is 16.5. The monoisotopic (exact) mass is 436 g/mol. The van der Waals surface area contributed by atoms with Crippen LogP contribution in [-0.4, -0.2) is 55.0 Å². The summed E-state index contributed by atoms with van der Waals surface area (Å²) in [5, 5.41) is 0. The quantitative estimate of drug-likeness (QED) is 0.435. The van der Waals surface area contributed by atoms with Gasteiger partial charge in [-0.25, -0.2) is 0 Å². The van der Waals surface area contributed by atoms with Crippen LogP contribution in [0.3, 0.4) is 0 Å². The molecule has 1 aromatic heterocycles. The number of rotatable bonds is 12. The standard InChI is InChI=1S/C25H28N2O5/c1-30-16-14-26(25(29)20-32-22-11-6-3-7-12-22)19-24(28)27(18-23-13-8-15-31-23)17-21-9-4-2-5-10-21/h2-13,15H,14,16-20H2,1H3. The molecule has 7 nitrogen and oxygen atoms in total. The highest BCUT2D eigenvalue weighted by molar-refractivity contribution is 5.85. The minimum absolute atomic E-state index is 0.0755. The van der Waals surface area contributed by atoms with Crippen LogP contribution < -0.4 is 4.74 Å². The van der Waals surface area contributed by atoms with E-state index >= 15 is 0 Å². The van der Waals surface area contributed by atoms with Crippen LogP contribution in [0.15, 0.2) is 83.5 Å². The zero-order chi connectivity index (χ0) is 22.6. The summed E-state index contributed by atoms with van der Waals surface area (Å²) in [6, 6.07) is 22.4. The molecular formula is C25H28N2O5. The third kappa shape index (κ3) is 7.28. The van der Waals surface area contributed by atoms with Crippen molar-refractivity contribution in [1.29, 1.82) is 0 Å². The first kappa shape index (κ1) is 23.1. The van der Waals surface area contributed by atoms with E-state index in [-0.39, 0.29) is 25.0 Å². The van der Waals surface area contributed by atoms with Gasteiger partial charge in [-0.05, 0) is 29.8 Å². The largest absolute Gasteiger partial charge is 0.484 e. The molecule has 7 heteroatoms. The second-order valence-corrected chi connectivity index (χ2v) is 7.22. The SMILES string of the molecule is COCCN(CC(=O)N(Cc1ccccc1)Cc1ccco1)C(=O)COc1ccccc1. The lowest BCUT2D eigenvalue weighted by atomic mass is 10.2. The molecule has 0 unspecified atom stereocenters. The fourth-order valence-electron chi connectivity index (χ4n) is 3.14. The van der Waals surface area contributed by atoms with Crippen molar-refractivity contribution in [3.63, 3.8) is 0 Å². The van der Waals surface area contributed by atoms with E-state index in [9.17, 15) is 9.59 Å². The Morgan fingerprint density at radius 3 is 2.22 bits per heavy atom. The number of ether oxygens (including phenoxy) is 2. The van der Waals surface area contributed by atoms with Crippen molar-refractivity contribution < 1.29 is 23.5 Å². The van der Waals surface area contributed by atoms with E-state index in [1.165, 1.54) is 4.90 Å². The van der Waals surface area contributed by atoms with Crippen molar-refractivity contribution in [2.45, 2.75) is 13.1 Å². The number of nitrogens with zero attached hydrogens (tertiary/aromatic N) is 2. The summed E-state index contributed by atoms with van der Waals surface area (Å²) in [4.78, 5) is 29.2. The van der Waals surface area contributed by atoms with Crippen LogP contribution in [0.4, 0.5) is 0 Å². The fourth-order valence-corrected chi connectivity index (χ4v) is 3.14. The van der Waals surface area contributed by atoms with Gasteiger partial charge in [-0.2, -0.15) is 0 Å². The summed E-state index contributed by atoms with van der Waals surface area (Å²) in [5.41, 5.74) is 0.995. The molecule has 0 atom stereocenters. The van der Waals surface area contributed by atoms with Gasteiger partial charge in [0.2, 0.25) is 5.91 Å². The van der Waals surface area contributed by atoms with E-state index in [1.54, 1.807) is 36.5 Å². The van der Waals surface area contributed by atoms with Crippen LogP contribution in [0, 0.1) is 0 Å². The normalized spacial score (nSPS) is 10.5. The molecular weight excluding hydrogens is 408 g/mol. The molecule has 0 saturated heterocycles. The second-order valence-electron chi connectivity index (χ2n) is 7.22. The number of amides is 2. The van der Waals surface area contributed by atoms with E-state index in [1.807, 2.05) is 54.6 Å². The molecule has 0 spiro atoms. The molecule has 0 aliphatic heterocycles. The number of para-hydroxylation sites is 1. The number of hydrogen-bond acceptors (Lipinski definition) is 5. The van der Waals surface area contributed by atoms with Crippen LogP contribution in [0.25, 0.3) is 0 Å². The maximum absolute atomic E-state index is 13.2. The molecule has 0 aliphatic carbocycles. The van der Waals surface area contributed by atoms with Gasteiger partial charge in [0.15, 0.2) is 6.61 Å². The molecule has 32 heavy (non-hydrogen) atoms. The molecule has 0 N–H and O–H groups in total. The molecule has 3 aromatic rings. The Balaban J connectivity index is 1.67. The Kier molecular flexibility index (Phi) is 8.89. The Labute approximate surface area is 188 Å². The van der Waals surface area contributed by atoms with Gasteiger partial charge < -0.3 is 23.7 Å². The highest BCUT2D eigenvalue weighted by Crippen LogP contribution is 2.12. The second kappa shape index (κ2) is 12.3. The van der Waals surface area contributed by atoms with Gasteiger partial charge >= 0.3 is 0 Å². The van der Waals surface area contributed by atoms with E-state index < -0.39 is 0 Å². The van der Waals surface area contributed by atoms with E-state index in [4.69, 9.17) is 13.9 Å². The van der Waals surface area contributed by atoms with E-state index in [2.05, 4.69) is 0 Å². The van der Waals surface area contributed by atoms with Gasteiger partial charge in [-0.1, -0.05) is 48.5 Å². The Hall–Kier alpha value is -3.58. The van der Waals surface area contributed by atoms with Crippen LogP contribution in [0.5, 0.6) is 5.75 Å². The minimum Gasteiger partial charge on any atom is -0.484 e. The molecule has 168 valence electrons. The van der Waals surface area contributed by atoms with Gasteiger partial charge in [0, 0.05) is 20.2 Å². The molecule has 0 saturated carbocycles. The van der Waals surface area contributed by atoms with E-state index in [0.29, 0.717) is 37.8 Å². The van der Waals surface area contributed by atoms with Gasteiger partial charge in [0.1, 0.15) is 11.5 Å². The third-order valence-electron chi connectivity index (χ3n) is 4.85. The van der Waals surface area contributed by atoms with Crippen LogP contribution in [0.2, 0.25) is 0 Å². The topological polar surface area (TPSA) is 72.2 Å². The summed E-state index contributed by atoms with van der Waals surface area (Å²) in [5.74, 6) is 0.810. The molecule has 0 radical (unpaired) electrons. The molecule has 0 bridgehead atoms. The lowest BCUT2D eigenvalue weighted by Gasteiger charge is -2.27. The zero-order valence-corrected chi connectivity index (χ0v) is 18.2. The summed E-state index contributed by atoms with van der Waals surface area (Å²) < 4.78 is 16.2. The number of benzene rings is 2. The van der Waals surface area contributed by atoms with Crippen molar-refractivity contribution in [2.24, 2.45) is 0 Å². The third-order valence-corrected chi connectivity index (χ3v) is 4.85. The predicted molar refractivity (Wildman–Crippen MR) is 120 cm³/mol. The lowest BCUT2D eigenvalue weighted by Crippen LogP contribution is -2.45. The van der Waals surface area contributed by atoms with Crippen molar-refractivity contribution in [3.05, 3.63) is 90.4 Å². The van der Waals surface area contributed by atoms with Crippen molar-refractivity contribution in [3.8, 4) is 5.75 Å². The number of furan rings is 1. The van der Waals surface area contributed by atoms with Gasteiger partial charge in [0.05, 0.1) is 26.0 Å². The highest BCUT2D eigenvalue weighted by Gasteiger charge is 2.22.